The lowest BCUT2D eigenvalue weighted by Gasteiger charge is -2.25. The largest absolute Gasteiger partial charge is 0.365 e. The fraction of sp³-hybridized carbons (Fsp3) is 0.385. The van der Waals surface area contributed by atoms with Gasteiger partial charge in [-0.25, -0.2) is 9.97 Å². The van der Waals surface area contributed by atoms with Crippen molar-refractivity contribution in [2.45, 2.75) is 32.4 Å². The Hall–Kier alpha value is -2.02. The van der Waals surface area contributed by atoms with Crippen LogP contribution in [0.5, 0.6) is 0 Å². The number of rotatable bonds is 2. The molecule has 4 rings (SSSR count). The molecule has 0 saturated carbocycles. The van der Waals surface area contributed by atoms with E-state index in [1.54, 1.807) is 17.7 Å². The van der Waals surface area contributed by atoms with E-state index in [-0.39, 0.29) is 0 Å². The van der Waals surface area contributed by atoms with Gasteiger partial charge in [0.25, 0.3) is 0 Å². The van der Waals surface area contributed by atoms with E-state index in [0.717, 1.165) is 47.1 Å². The number of hydrogen-bond donors (Lipinski definition) is 1. The van der Waals surface area contributed by atoms with Crippen molar-refractivity contribution >= 4 is 27.4 Å². The molecule has 1 aliphatic heterocycles. The lowest BCUT2D eigenvalue weighted by molar-refractivity contribution is 0.469. The highest BCUT2D eigenvalue weighted by atomic mass is 32.1. The molecule has 1 aliphatic rings. The van der Waals surface area contributed by atoms with E-state index in [4.69, 9.17) is 0 Å². The van der Waals surface area contributed by atoms with Crippen LogP contribution in [0.2, 0.25) is 0 Å². The third-order valence-electron chi connectivity index (χ3n) is 3.73. The van der Waals surface area contributed by atoms with Crippen molar-refractivity contribution in [3.05, 3.63) is 29.4 Å². The van der Waals surface area contributed by atoms with Gasteiger partial charge in [-0.1, -0.05) is 0 Å². The van der Waals surface area contributed by atoms with Crippen LogP contribution in [0.3, 0.4) is 0 Å². The van der Waals surface area contributed by atoms with E-state index in [1.807, 2.05) is 12.3 Å². The fourth-order valence-electron chi connectivity index (χ4n) is 2.68. The second kappa shape index (κ2) is 4.52. The molecule has 1 atom stereocenters. The third-order valence-corrected chi connectivity index (χ3v) is 4.56. The number of nitrogens with zero attached hydrogens (tertiary/aromatic N) is 5. The molecule has 102 valence electrons. The molecule has 7 heteroatoms. The zero-order valence-electron chi connectivity index (χ0n) is 11.1. The SMILES string of the molecule is Cc1nnc2n1C[C@@H](Nc1ncnc3sccc13)CC2. The van der Waals surface area contributed by atoms with Crippen LogP contribution < -0.4 is 5.32 Å². The smallest absolute Gasteiger partial charge is 0.138 e. The Kier molecular flexibility index (Phi) is 2.66. The number of thiophene rings is 1. The normalized spacial score (nSPS) is 18.1. The first-order chi connectivity index (χ1) is 9.81. The van der Waals surface area contributed by atoms with Crippen LogP contribution in [0.4, 0.5) is 5.82 Å². The van der Waals surface area contributed by atoms with Gasteiger partial charge in [-0.3, -0.25) is 0 Å². The molecule has 0 saturated heterocycles. The van der Waals surface area contributed by atoms with Crippen LogP contribution in [0.1, 0.15) is 18.1 Å². The number of nitrogens with one attached hydrogen (secondary N) is 1. The van der Waals surface area contributed by atoms with Crippen LogP contribution in [0.15, 0.2) is 17.8 Å². The molecule has 6 nitrogen and oxygen atoms in total. The van der Waals surface area contributed by atoms with Crippen molar-refractivity contribution < 1.29 is 0 Å². The van der Waals surface area contributed by atoms with Gasteiger partial charge in [0.05, 0.1) is 5.39 Å². The summed E-state index contributed by atoms with van der Waals surface area (Å²) in [6, 6.07) is 2.43. The number of fused-ring (bicyclic) bond motifs is 2. The Bertz CT molecular complexity index is 761. The van der Waals surface area contributed by atoms with E-state index in [2.05, 4.69) is 36.1 Å². The molecule has 0 unspecified atom stereocenters. The number of aromatic nitrogens is 5. The van der Waals surface area contributed by atoms with E-state index in [9.17, 15) is 0 Å². The maximum Gasteiger partial charge on any atom is 0.138 e. The van der Waals surface area contributed by atoms with Gasteiger partial charge >= 0.3 is 0 Å². The highest BCUT2D eigenvalue weighted by Crippen LogP contribution is 2.26. The lowest BCUT2D eigenvalue weighted by Crippen LogP contribution is -2.32. The predicted octanol–water partition coefficient (Wildman–Crippen LogP) is 2.02. The molecule has 4 heterocycles. The van der Waals surface area contributed by atoms with Crippen LogP contribution >= 0.6 is 11.3 Å². The monoisotopic (exact) mass is 286 g/mol. The zero-order chi connectivity index (χ0) is 13.5. The van der Waals surface area contributed by atoms with Gasteiger partial charge in [-0.15, -0.1) is 21.5 Å². The molecular weight excluding hydrogens is 272 g/mol. The molecule has 0 spiro atoms. The maximum absolute atomic E-state index is 4.38. The van der Waals surface area contributed by atoms with Gasteiger partial charge in [0.15, 0.2) is 0 Å². The number of anilines is 1. The van der Waals surface area contributed by atoms with E-state index < -0.39 is 0 Å². The Morgan fingerprint density at radius 3 is 3.25 bits per heavy atom. The van der Waals surface area contributed by atoms with Crippen molar-refractivity contribution in [1.29, 1.82) is 0 Å². The minimum atomic E-state index is 0.357. The van der Waals surface area contributed by atoms with Gasteiger partial charge < -0.3 is 9.88 Å². The zero-order valence-corrected chi connectivity index (χ0v) is 11.9. The van der Waals surface area contributed by atoms with Crippen molar-refractivity contribution in [3.8, 4) is 0 Å². The maximum atomic E-state index is 4.38. The highest BCUT2D eigenvalue weighted by molar-refractivity contribution is 7.16. The van der Waals surface area contributed by atoms with Crippen molar-refractivity contribution in [1.82, 2.24) is 24.7 Å². The Morgan fingerprint density at radius 2 is 2.30 bits per heavy atom. The summed E-state index contributed by atoms with van der Waals surface area (Å²) in [6.45, 7) is 2.89. The Labute approximate surface area is 119 Å². The van der Waals surface area contributed by atoms with Gasteiger partial charge in [-0.05, 0) is 24.8 Å². The lowest BCUT2D eigenvalue weighted by atomic mass is 10.1. The molecule has 1 N–H and O–H groups in total. The quantitative estimate of drug-likeness (QED) is 0.780. The third kappa shape index (κ3) is 1.85. The van der Waals surface area contributed by atoms with Gasteiger partial charge in [-0.2, -0.15) is 0 Å². The average molecular weight is 286 g/mol. The molecule has 3 aromatic rings. The molecule has 0 aromatic carbocycles. The van der Waals surface area contributed by atoms with Crippen LogP contribution in [0, 0.1) is 6.92 Å². The van der Waals surface area contributed by atoms with Crippen LogP contribution in [-0.2, 0) is 13.0 Å². The fourth-order valence-corrected chi connectivity index (χ4v) is 3.41. The number of aryl methyl sites for hydroxylation is 2. The summed E-state index contributed by atoms with van der Waals surface area (Å²) >= 11 is 1.64. The standard InChI is InChI=1S/C13H14N6S/c1-8-17-18-11-3-2-9(6-19(8)11)16-12-10-4-5-20-13(10)15-7-14-12/h4-5,7,9H,2-3,6H2,1H3,(H,14,15,16)/t9-/m0/s1. The second-order valence-corrected chi connectivity index (χ2v) is 5.91. The summed E-state index contributed by atoms with van der Waals surface area (Å²) in [5.41, 5.74) is 0. The summed E-state index contributed by atoms with van der Waals surface area (Å²) < 4.78 is 2.19. The van der Waals surface area contributed by atoms with E-state index in [0.29, 0.717) is 6.04 Å². The summed E-state index contributed by atoms with van der Waals surface area (Å²) in [5, 5.41) is 15.0. The van der Waals surface area contributed by atoms with Crippen LogP contribution in [-0.4, -0.2) is 30.8 Å². The molecule has 0 radical (unpaired) electrons. The Balaban J connectivity index is 1.61. The number of hydrogen-bond acceptors (Lipinski definition) is 6. The summed E-state index contributed by atoms with van der Waals surface area (Å²) in [6.07, 6.45) is 3.63. The molecule has 3 aromatic heterocycles. The first-order valence-electron chi connectivity index (χ1n) is 6.64. The minimum Gasteiger partial charge on any atom is -0.365 e. The van der Waals surface area contributed by atoms with Gasteiger partial charge in [0.1, 0.15) is 28.6 Å². The Morgan fingerprint density at radius 1 is 1.35 bits per heavy atom. The predicted molar refractivity (Wildman–Crippen MR) is 77.9 cm³/mol. The molecular formula is C13H14N6S. The van der Waals surface area contributed by atoms with E-state index >= 15 is 0 Å². The molecule has 0 bridgehead atoms. The molecule has 0 amide bonds. The molecule has 0 aliphatic carbocycles. The molecule has 0 fully saturated rings. The van der Waals surface area contributed by atoms with Crippen molar-refractivity contribution in [2.75, 3.05) is 5.32 Å². The molecule has 20 heavy (non-hydrogen) atoms. The summed E-state index contributed by atoms with van der Waals surface area (Å²) in [4.78, 5) is 9.69. The van der Waals surface area contributed by atoms with Gasteiger partial charge in [0.2, 0.25) is 0 Å². The first-order valence-corrected chi connectivity index (χ1v) is 7.52. The topological polar surface area (TPSA) is 68.5 Å². The summed E-state index contributed by atoms with van der Waals surface area (Å²) in [5.74, 6) is 2.99. The van der Waals surface area contributed by atoms with Gasteiger partial charge in [0, 0.05) is 19.0 Å². The first kappa shape index (κ1) is 11.8. The minimum absolute atomic E-state index is 0.357. The van der Waals surface area contributed by atoms with Crippen molar-refractivity contribution in [2.24, 2.45) is 0 Å². The summed E-state index contributed by atoms with van der Waals surface area (Å²) in [7, 11) is 0. The highest BCUT2D eigenvalue weighted by Gasteiger charge is 2.22. The van der Waals surface area contributed by atoms with Crippen LogP contribution in [0.25, 0.3) is 10.2 Å². The van der Waals surface area contributed by atoms with Crippen molar-refractivity contribution in [3.63, 3.8) is 0 Å². The second-order valence-electron chi connectivity index (χ2n) is 5.02. The average Bonchev–Trinajstić information content (AvgIpc) is 3.07. The van der Waals surface area contributed by atoms with E-state index in [1.165, 1.54) is 0 Å².